The molecule has 0 saturated carbocycles. The molecule has 3 aromatic rings. The number of carbonyl (C=O) groups excluding carboxylic acids is 1. The first-order valence-corrected chi connectivity index (χ1v) is 9.74. The number of pyridine rings is 2. The van der Waals surface area contributed by atoms with Crippen molar-refractivity contribution >= 4 is 22.4 Å². The minimum Gasteiger partial charge on any atom is -0.358 e. The van der Waals surface area contributed by atoms with Gasteiger partial charge in [0, 0.05) is 41.2 Å². The van der Waals surface area contributed by atoms with Crippen LogP contribution < -0.4 is 5.32 Å². The van der Waals surface area contributed by atoms with Crippen LogP contribution in [0, 0.1) is 16.7 Å². The number of fused-ring (bicyclic) bond motifs is 3. The molecule has 3 heterocycles. The molecule has 1 atom stereocenters. The molecule has 1 aromatic carbocycles. The number of aromatic nitrogens is 2. The molecule has 5 nitrogen and oxygen atoms in total. The monoisotopic (exact) mass is 380 g/mol. The summed E-state index contributed by atoms with van der Waals surface area (Å²) in [4.78, 5) is 22.4. The number of hydrogen-bond donors (Lipinski definition) is 1. The van der Waals surface area contributed by atoms with Crippen molar-refractivity contribution in [3.63, 3.8) is 0 Å². The van der Waals surface area contributed by atoms with E-state index in [1.807, 2.05) is 30.3 Å². The van der Waals surface area contributed by atoms with Gasteiger partial charge in [-0.25, -0.2) is 0 Å². The Bertz CT molecular complexity index is 1230. The number of Topliss-reactive ketones (excluding diaryl/α,β-unsaturated/α-hetero) is 1. The summed E-state index contributed by atoms with van der Waals surface area (Å²) in [6.45, 7) is 4.26. The van der Waals surface area contributed by atoms with Gasteiger partial charge in [0.05, 0.1) is 22.7 Å². The van der Waals surface area contributed by atoms with Gasteiger partial charge in [-0.05, 0) is 47.7 Å². The van der Waals surface area contributed by atoms with Gasteiger partial charge in [0.2, 0.25) is 0 Å². The standard InChI is InChI=1S/C24H20N4O/c1-24(2)10-19-22(20(29)11-24)23(17-6-5-14(12-25)13-27-17)21-15-4-3-9-26-16(15)7-8-18(21)28-19/h3-9,13,23,28H,10-11H2,1-2H3. The number of carbonyl (C=O) groups is 1. The number of hydrogen-bond acceptors (Lipinski definition) is 5. The fourth-order valence-corrected chi connectivity index (χ4v) is 4.62. The quantitative estimate of drug-likeness (QED) is 0.662. The minimum absolute atomic E-state index is 0.0819. The number of ketones is 1. The summed E-state index contributed by atoms with van der Waals surface area (Å²) in [6, 6.07) is 13.8. The van der Waals surface area contributed by atoms with Crippen LogP contribution in [0.2, 0.25) is 0 Å². The van der Waals surface area contributed by atoms with E-state index in [1.165, 1.54) is 0 Å². The van der Waals surface area contributed by atoms with Crippen LogP contribution in [0.5, 0.6) is 0 Å². The van der Waals surface area contributed by atoms with Crippen molar-refractivity contribution in [3.05, 3.63) is 76.9 Å². The van der Waals surface area contributed by atoms with Gasteiger partial charge in [0.25, 0.3) is 0 Å². The zero-order valence-electron chi connectivity index (χ0n) is 16.4. The summed E-state index contributed by atoms with van der Waals surface area (Å²) < 4.78 is 0. The molecule has 1 N–H and O–H groups in total. The molecule has 5 rings (SSSR count). The van der Waals surface area contributed by atoms with Gasteiger partial charge >= 0.3 is 0 Å². The highest BCUT2D eigenvalue weighted by Crippen LogP contribution is 2.50. The van der Waals surface area contributed by atoms with Crippen LogP contribution in [0.15, 0.2) is 60.1 Å². The van der Waals surface area contributed by atoms with Gasteiger partial charge in [-0.3, -0.25) is 14.8 Å². The molecular formula is C24H20N4O. The van der Waals surface area contributed by atoms with E-state index in [-0.39, 0.29) is 17.1 Å². The highest BCUT2D eigenvalue weighted by molar-refractivity contribution is 6.03. The van der Waals surface area contributed by atoms with Crippen LogP contribution in [0.4, 0.5) is 5.69 Å². The van der Waals surface area contributed by atoms with E-state index in [0.29, 0.717) is 12.0 Å². The largest absolute Gasteiger partial charge is 0.358 e. The number of anilines is 1. The third-order valence-corrected chi connectivity index (χ3v) is 5.82. The van der Waals surface area contributed by atoms with Crippen LogP contribution in [0.1, 0.15) is 49.4 Å². The molecule has 0 bridgehead atoms. The zero-order valence-corrected chi connectivity index (χ0v) is 16.4. The molecule has 0 fully saturated rings. The highest BCUT2D eigenvalue weighted by atomic mass is 16.1. The van der Waals surface area contributed by atoms with Crippen molar-refractivity contribution in [2.75, 3.05) is 5.32 Å². The van der Waals surface area contributed by atoms with Gasteiger partial charge < -0.3 is 5.32 Å². The molecule has 1 aliphatic carbocycles. The van der Waals surface area contributed by atoms with E-state index in [2.05, 4.69) is 35.2 Å². The first-order valence-electron chi connectivity index (χ1n) is 9.74. The van der Waals surface area contributed by atoms with Crippen molar-refractivity contribution in [1.29, 1.82) is 5.26 Å². The molecule has 0 amide bonds. The Hall–Kier alpha value is -3.52. The third-order valence-electron chi connectivity index (χ3n) is 5.82. The van der Waals surface area contributed by atoms with Crippen LogP contribution in [-0.4, -0.2) is 15.8 Å². The number of nitrogens with one attached hydrogen (secondary N) is 1. The molecule has 29 heavy (non-hydrogen) atoms. The van der Waals surface area contributed by atoms with Gasteiger partial charge in [0.1, 0.15) is 6.07 Å². The molecule has 0 spiro atoms. The van der Waals surface area contributed by atoms with Gasteiger partial charge in [-0.15, -0.1) is 0 Å². The second-order valence-corrected chi connectivity index (χ2v) is 8.57. The van der Waals surface area contributed by atoms with Crippen LogP contribution in [-0.2, 0) is 4.79 Å². The van der Waals surface area contributed by atoms with Crippen molar-refractivity contribution in [1.82, 2.24) is 9.97 Å². The Morgan fingerprint density at radius 3 is 2.76 bits per heavy atom. The Kier molecular flexibility index (Phi) is 3.78. The summed E-state index contributed by atoms with van der Waals surface area (Å²) in [7, 11) is 0. The molecule has 1 unspecified atom stereocenters. The lowest BCUT2D eigenvalue weighted by Crippen LogP contribution is -2.34. The molecule has 0 saturated heterocycles. The maximum atomic E-state index is 13.3. The van der Waals surface area contributed by atoms with E-state index in [9.17, 15) is 4.79 Å². The number of rotatable bonds is 1. The lowest BCUT2D eigenvalue weighted by Gasteiger charge is -2.39. The number of nitrogens with zero attached hydrogens (tertiary/aromatic N) is 3. The van der Waals surface area contributed by atoms with Crippen LogP contribution in [0.3, 0.4) is 0 Å². The first kappa shape index (κ1) is 17.6. The van der Waals surface area contributed by atoms with Crippen molar-refractivity contribution in [3.8, 4) is 6.07 Å². The summed E-state index contributed by atoms with van der Waals surface area (Å²) in [5, 5.41) is 13.7. The Morgan fingerprint density at radius 1 is 1.14 bits per heavy atom. The fraction of sp³-hybridized carbons (Fsp3) is 0.250. The van der Waals surface area contributed by atoms with Crippen LogP contribution >= 0.6 is 0 Å². The summed E-state index contributed by atoms with van der Waals surface area (Å²) in [5.74, 6) is -0.114. The summed E-state index contributed by atoms with van der Waals surface area (Å²) in [5.41, 5.74) is 5.89. The summed E-state index contributed by atoms with van der Waals surface area (Å²) >= 11 is 0. The molecule has 2 aliphatic rings. The zero-order chi connectivity index (χ0) is 20.2. The molecule has 1 aliphatic heterocycles. The number of nitriles is 1. The fourth-order valence-electron chi connectivity index (χ4n) is 4.62. The Morgan fingerprint density at radius 2 is 2.00 bits per heavy atom. The number of allylic oxidation sites excluding steroid dienone is 2. The van der Waals surface area contributed by atoms with Crippen LogP contribution in [0.25, 0.3) is 10.9 Å². The predicted octanol–water partition coefficient (Wildman–Crippen LogP) is 4.70. The molecule has 2 aromatic heterocycles. The molecule has 5 heteroatoms. The Balaban J connectivity index is 1.80. The normalized spacial score (nSPS) is 19.9. The summed E-state index contributed by atoms with van der Waals surface area (Å²) in [6.07, 6.45) is 4.68. The first-order chi connectivity index (χ1) is 14.0. The lowest BCUT2D eigenvalue weighted by atomic mass is 9.69. The third kappa shape index (κ3) is 2.80. The van der Waals surface area contributed by atoms with Gasteiger partial charge in [0.15, 0.2) is 5.78 Å². The second-order valence-electron chi connectivity index (χ2n) is 8.57. The molecule has 0 radical (unpaired) electrons. The van der Waals surface area contributed by atoms with E-state index in [4.69, 9.17) is 5.26 Å². The van der Waals surface area contributed by atoms with Crippen molar-refractivity contribution in [2.45, 2.75) is 32.6 Å². The van der Waals surface area contributed by atoms with Gasteiger partial charge in [-0.1, -0.05) is 19.9 Å². The maximum Gasteiger partial charge on any atom is 0.162 e. The minimum atomic E-state index is -0.273. The van der Waals surface area contributed by atoms with Gasteiger partial charge in [-0.2, -0.15) is 5.26 Å². The Labute approximate surface area is 169 Å². The molecule has 142 valence electrons. The van der Waals surface area contributed by atoms with E-state index >= 15 is 0 Å². The highest BCUT2D eigenvalue weighted by Gasteiger charge is 2.41. The SMILES string of the molecule is CC1(C)CC(=O)C2=C(C1)Nc1ccc3ncccc3c1C2c1ccc(C#N)cn1. The van der Waals surface area contributed by atoms with E-state index in [1.54, 1.807) is 18.5 Å². The second kappa shape index (κ2) is 6.25. The average Bonchev–Trinajstić information content (AvgIpc) is 2.71. The topological polar surface area (TPSA) is 78.7 Å². The predicted molar refractivity (Wildman–Crippen MR) is 111 cm³/mol. The van der Waals surface area contributed by atoms with E-state index < -0.39 is 0 Å². The lowest BCUT2D eigenvalue weighted by molar-refractivity contribution is -0.118. The molecular weight excluding hydrogens is 360 g/mol. The number of benzene rings is 1. The smallest absolute Gasteiger partial charge is 0.162 e. The average molecular weight is 380 g/mol. The maximum absolute atomic E-state index is 13.3. The van der Waals surface area contributed by atoms with Crippen molar-refractivity contribution in [2.24, 2.45) is 5.41 Å². The van der Waals surface area contributed by atoms with E-state index in [0.717, 1.165) is 45.5 Å². The van der Waals surface area contributed by atoms with Crippen molar-refractivity contribution < 1.29 is 4.79 Å².